The lowest BCUT2D eigenvalue weighted by Crippen LogP contribution is -2.38. The van der Waals surface area contributed by atoms with E-state index in [0.29, 0.717) is 13.0 Å². The maximum Gasteiger partial charge on any atom is 0.224 e. The summed E-state index contributed by atoms with van der Waals surface area (Å²) in [6.07, 6.45) is 4.19. The van der Waals surface area contributed by atoms with E-state index in [4.69, 9.17) is 0 Å². The Hall–Kier alpha value is -1.98. The van der Waals surface area contributed by atoms with E-state index in [1.54, 1.807) is 23.9 Å². The lowest BCUT2D eigenvalue weighted by molar-refractivity contribution is -0.132. The minimum Gasteiger partial charge on any atom is -0.508 e. The molecule has 1 amide bonds. The lowest BCUT2D eigenvalue weighted by Gasteiger charge is -2.32. The molecule has 0 aromatic heterocycles. The molecule has 29 heavy (non-hydrogen) atoms. The van der Waals surface area contributed by atoms with Crippen molar-refractivity contribution >= 4 is 17.7 Å². The first-order valence-electron chi connectivity index (χ1n) is 10.7. The molecule has 2 heterocycles. The molecule has 1 saturated heterocycles. The van der Waals surface area contributed by atoms with E-state index in [1.165, 1.54) is 29.7 Å². The third-order valence-corrected chi connectivity index (χ3v) is 7.19. The van der Waals surface area contributed by atoms with Gasteiger partial charge in [-0.15, -0.1) is 11.8 Å². The van der Waals surface area contributed by atoms with Crippen molar-refractivity contribution in [3.05, 3.63) is 59.7 Å². The molecule has 0 unspecified atom stereocenters. The summed E-state index contributed by atoms with van der Waals surface area (Å²) in [4.78, 5) is 18.4. The van der Waals surface area contributed by atoms with Crippen molar-refractivity contribution in [3.63, 3.8) is 0 Å². The van der Waals surface area contributed by atoms with Crippen molar-refractivity contribution in [1.29, 1.82) is 0 Å². The summed E-state index contributed by atoms with van der Waals surface area (Å²) in [7, 11) is 0. The molecule has 154 valence electrons. The van der Waals surface area contributed by atoms with E-state index in [2.05, 4.69) is 35.2 Å². The highest BCUT2D eigenvalue weighted by molar-refractivity contribution is 7.99. The number of rotatable bonds is 5. The molecule has 4 nitrogen and oxygen atoms in total. The molecule has 0 bridgehead atoms. The summed E-state index contributed by atoms with van der Waals surface area (Å²) < 4.78 is 0. The molecule has 0 spiro atoms. The van der Waals surface area contributed by atoms with Crippen LogP contribution in [0.2, 0.25) is 0 Å². The van der Waals surface area contributed by atoms with Gasteiger partial charge in [0, 0.05) is 36.7 Å². The third kappa shape index (κ3) is 5.55. The average Bonchev–Trinajstić information content (AvgIpc) is 2.96. The molecule has 2 aliphatic rings. The smallest absolute Gasteiger partial charge is 0.224 e. The first kappa shape index (κ1) is 20.3. The van der Waals surface area contributed by atoms with E-state index in [9.17, 15) is 9.90 Å². The Kier molecular flexibility index (Phi) is 6.78. The van der Waals surface area contributed by atoms with Gasteiger partial charge in [0.15, 0.2) is 0 Å². The molecular weight excluding hydrogens is 380 g/mol. The molecule has 2 aliphatic heterocycles. The molecule has 0 saturated carbocycles. The highest BCUT2D eigenvalue weighted by Crippen LogP contribution is 2.30. The molecule has 0 aliphatic carbocycles. The molecule has 2 aromatic rings. The molecular formula is C24H30N2O2S. The first-order chi connectivity index (χ1) is 14.2. The van der Waals surface area contributed by atoms with Crippen LogP contribution in [-0.4, -0.2) is 52.7 Å². The number of phenolic OH excluding ortho intramolecular Hbond substituents is 1. The predicted octanol–water partition coefficient (Wildman–Crippen LogP) is 4.17. The van der Waals surface area contributed by atoms with Gasteiger partial charge in [-0.2, -0.15) is 0 Å². The van der Waals surface area contributed by atoms with Crippen molar-refractivity contribution < 1.29 is 9.90 Å². The Morgan fingerprint density at radius 3 is 2.66 bits per heavy atom. The molecule has 5 heteroatoms. The fourth-order valence-corrected chi connectivity index (χ4v) is 5.37. The summed E-state index contributed by atoms with van der Waals surface area (Å²) >= 11 is 1.77. The highest BCUT2D eigenvalue weighted by Gasteiger charge is 2.23. The van der Waals surface area contributed by atoms with Crippen molar-refractivity contribution in [2.24, 2.45) is 5.92 Å². The minimum atomic E-state index is 0.230. The van der Waals surface area contributed by atoms with E-state index in [0.717, 1.165) is 43.4 Å². The van der Waals surface area contributed by atoms with Crippen molar-refractivity contribution in [1.82, 2.24) is 9.80 Å². The Bertz CT molecular complexity index is 819. The Morgan fingerprint density at radius 1 is 1.07 bits per heavy atom. The molecule has 1 N–H and O–H groups in total. The van der Waals surface area contributed by atoms with Crippen LogP contribution >= 0.6 is 11.8 Å². The second-order valence-corrected chi connectivity index (χ2v) is 9.32. The highest BCUT2D eigenvalue weighted by atomic mass is 32.2. The number of hydrogen-bond acceptors (Lipinski definition) is 4. The van der Waals surface area contributed by atoms with Crippen LogP contribution in [0.25, 0.3) is 0 Å². The van der Waals surface area contributed by atoms with Gasteiger partial charge in [0.05, 0.1) is 0 Å². The Labute approximate surface area is 177 Å². The van der Waals surface area contributed by atoms with Crippen molar-refractivity contribution in [3.8, 4) is 5.75 Å². The van der Waals surface area contributed by atoms with Crippen molar-refractivity contribution in [2.75, 3.05) is 31.9 Å². The average molecular weight is 411 g/mol. The fraction of sp³-hybridized carbons (Fsp3) is 0.458. The van der Waals surface area contributed by atoms with Crippen LogP contribution in [0.3, 0.4) is 0 Å². The molecule has 0 atom stereocenters. The number of piperidine rings is 1. The monoisotopic (exact) mass is 410 g/mol. The number of thioether (sulfide) groups is 1. The number of aromatic hydroxyl groups is 1. The number of amides is 1. The fourth-order valence-electron chi connectivity index (χ4n) is 4.37. The number of nitrogens with zero attached hydrogens (tertiary/aromatic N) is 2. The molecule has 0 radical (unpaired) electrons. The summed E-state index contributed by atoms with van der Waals surface area (Å²) in [5.74, 6) is 2.18. The number of hydrogen-bond donors (Lipinski definition) is 1. The third-order valence-electron chi connectivity index (χ3n) is 6.09. The summed E-state index contributed by atoms with van der Waals surface area (Å²) in [5, 5.41) is 9.77. The molecule has 1 fully saturated rings. The number of carbonyl (C=O) groups is 1. The van der Waals surface area contributed by atoms with E-state index >= 15 is 0 Å². The van der Waals surface area contributed by atoms with Gasteiger partial charge in [0.25, 0.3) is 0 Å². The van der Waals surface area contributed by atoms with E-state index in [-0.39, 0.29) is 11.7 Å². The van der Waals surface area contributed by atoms with Gasteiger partial charge in [-0.25, -0.2) is 0 Å². The normalized spacial score (nSPS) is 18.3. The molecule has 4 rings (SSSR count). The standard InChI is InChI=1S/C24H30N2O2S/c27-22-6-7-23-21(17-22)18-26(14-15-29-23)24(28)10-13-25-11-8-20(9-12-25)16-19-4-2-1-3-5-19/h1-7,17,20,27H,8-16,18H2. The van der Waals surface area contributed by atoms with Crippen molar-refractivity contribution in [2.45, 2.75) is 37.1 Å². The SMILES string of the molecule is O=C(CCN1CCC(Cc2ccccc2)CC1)N1CCSc2ccc(O)cc2C1. The van der Waals surface area contributed by atoms with Gasteiger partial charge >= 0.3 is 0 Å². The van der Waals surface area contributed by atoms with Crippen LogP contribution in [0.1, 0.15) is 30.4 Å². The minimum absolute atomic E-state index is 0.230. The van der Waals surface area contributed by atoms with Crippen LogP contribution in [-0.2, 0) is 17.8 Å². The zero-order valence-corrected chi connectivity index (χ0v) is 17.7. The van der Waals surface area contributed by atoms with Crippen LogP contribution in [0.4, 0.5) is 0 Å². The maximum atomic E-state index is 12.8. The van der Waals surface area contributed by atoms with Gasteiger partial charge in [-0.1, -0.05) is 30.3 Å². The van der Waals surface area contributed by atoms with Crippen LogP contribution in [0.5, 0.6) is 5.75 Å². The summed E-state index contributed by atoms with van der Waals surface area (Å²) in [6, 6.07) is 16.3. The second-order valence-electron chi connectivity index (χ2n) is 8.18. The van der Waals surface area contributed by atoms with Crippen LogP contribution in [0, 0.1) is 5.92 Å². The zero-order chi connectivity index (χ0) is 20.1. The summed E-state index contributed by atoms with van der Waals surface area (Å²) in [6.45, 7) is 4.43. The number of likely N-dealkylation sites (tertiary alicyclic amines) is 1. The van der Waals surface area contributed by atoms with E-state index in [1.807, 2.05) is 11.0 Å². The second kappa shape index (κ2) is 9.68. The van der Waals surface area contributed by atoms with Crippen LogP contribution < -0.4 is 0 Å². The largest absolute Gasteiger partial charge is 0.508 e. The first-order valence-corrected chi connectivity index (χ1v) is 11.6. The zero-order valence-electron chi connectivity index (χ0n) is 16.9. The maximum absolute atomic E-state index is 12.8. The predicted molar refractivity (Wildman–Crippen MR) is 118 cm³/mol. The Morgan fingerprint density at radius 2 is 1.86 bits per heavy atom. The summed E-state index contributed by atoms with van der Waals surface area (Å²) in [5.41, 5.74) is 2.49. The lowest BCUT2D eigenvalue weighted by atomic mass is 9.90. The molecule has 2 aromatic carbocycles. The van der Waals surface area contributed by atoms with Gasteiger partial charge in [-0.3, -0.25) is 4.79 Å². The Balaban J connectivity index is 1.23. The number of phenols is 1. The van der Waals surface area contributed by atoms with E-state index < -0.39 is 0 Å². The number of fused-ring (bicyclic) bond motifs is 1. The number of carbonyl (C=O) groups excluding carboxylic acids is 1. The van der Waals surface area contributed by atoms with Crippen LogP contribution in [0.15, 0.2) is 53.4 Å². The number of benzene rings is 2. The topological polar surface area (TPSA) is 43.8 Å². The van der Waals surface area contributed by atoms with Gasteiger partial charge in [0.1, 0.15) is 5.75 Å². The van der Waals surface area contributed by atoms with Gasteiger partial charge < -0.3 is 14.9 Å². The van der Waals surface area contributed by atoms with Gasteiger partial charge in [0.2, 0.25) is 5.91 Å². The quantitative estimate of drug-likeness (QED) is 0.803. The van der Waals surface area contributed by atoms with Gasteiger partial charge in [-0.05, 0) is 67.6 Å².